The first-order valence-corrected chi connectivity index (χ1v) is 8.71. The largest absolute Gasteiger partial charge is 0.334 e. The molecule has 1 atom stereocenters. The van der Waals surface area contributed by atoms with Crippen LogP contribution in [0, 0.1) is 12.8 Å². The second kappa shape index (κ2) is 8.50. The molecule has 0 bridgehead atoms. The van der Waals surface area contributed by atoms with Crippen molar-refractivity contribution >= 4 is 24.0 Å². The van der Waals surface area contributed by atoms with E-state index >= 15 is 0 Å². The van der Waals surface area contributed by atoms with Crippen LogP contribution in [0.5, 0.6) is 0 Å². The highest BCUT2D eigenvalue weighted by Gasteiger charge is 2.26. The third-order valence-corrected chi connectivity index (χ3v) is 5.01. The molecule has 0 saturated heterocycles. The molecule has 1 heterocycles. The predicted octanol–water partition coefficient (Wildman–Crippen LogP) is 3.66. The van der Waals surface area contributed by atoms with Crippen molar-refractivity contribution in [3.05, 3.63) is 36.3 Å². The van der Waals surface area contributed by atoms with Gasteiger partial charge in [0.1, 0.15) is 0 Å². The SMILES string of the molecule is Cc1ncn(C)c1-c1ccc(NC(=O)[C@@H](N)C2CCCCC2)cc1.Cl. The van der Waals surface area contributed by atoms with Crippen molar-refractivity contribution < 1.29 is 4.79 Å². The average Bonchev–Trinajstić information content (AvgIpc) is 2.94. The fourth-order valence-electron chi connectivity index (χ4n) is 3.60. The van der Waals surface area contributed by atoms with Crippen LogP contribution < -0.4 is 11.1 Å². The third-order valence-electron chi connectivity index (χ3n) is 5.01. The summed E-state index contributed by atoms with van der Waals surface area (Å²) in [6.07, 6.45) is 7.57. The van der Waals surface area contributed by atoms with Crippen LogP contribution >= 0.6 is 12.4 Å². The van der Waals surface area contributed by atoms with Crippen molar-refractivity contribution in [1.29, 1.82) is 0 Å². The molecule has 0 unspecified atom stereocenters. The van der Waals surface area contributed by atoms with Gasteiger partial charge in [-0.25, -0.2) is 4.98 Å². The number of carbonyl (C=O) groups is 1. The van der Waals surface area contributed by atoms with Crippen LogP contribution in [0.25, 0.3) is 11.3 Å². The van der Waals surface area contributed by atoms with Crippen LogP contribution in [-0.4, -0.2) is 21.5 Å². The minimum atomic E-state index is -0.413. The van der Waals surface area contributed by atoms with Gasteiger partial charge in [0.05, 0.1) is 23.8 Å². The number of aryl methyl sites for hydroxylation is 2. The Bertz CT molecular complexity index is 685. The van der Waals surface area contributed by atoms with E-state index in [4.69, 9.17) is 5.73 Å². The molecule has 0 aliphatic heterocycles. The van der Waals surface area contributed by atoms with E-state index in [0.29, 0.717) is 5.92 Å². The summed E-state index contributed by atoms with van der Waals surface area (Å²) in [5.41, 5.74) is 10.1. The number of hydrogen-bond acceptors (Lipinski definition) is 3. The summed E-state index contributed by atoms with van der Waals surface area (Å²) in [4.78, 5) is 16.7. The Hall–Kier alpha value is -1.85. The summed E-state index contributed by atoms with van der Waals surface area (Å²) in [7, 11) is 1.98. The van der Waals surface area contributed by atoms with Crippen LogP contribution in [0.3, 0.4) is 0 Å². The van der Waals surface area contributed by atoms with E-state index in [9.17, 15) is 4.79 Å². The molecule has 25 heavy (non-hydrogen) atoms. The van der Waals surface area contributed by atoms with Crippen LogP contribution in [-0.2, 0) is 11.8 Å². The number of anilines is 1. The van der Waals surface area contributed by atoms with Gasteiger partial charge in [-0.3, -0.25) is 4.79 Å². The Morgan fingerprint density at radius 3 is 2.44 bits per heavy atom. The molecule has 1 fully saturated rings. The molecule has 0 spiro atoms. The number of nitrogens with one attached hydrogen (secondary N) is 1. The lowest BCUT2D eigenvalue weighted by Crippen LogP contribution is -2.42. The molecule has 1 amide bonds. The third kappa shape index (κ3) is 4.41. The molecule has 3 rings (SSSR count). The van der Waals surface area contributed by atoms with E-state index in [1.165, 1.54) is 19.3 Å². The minimum absolute atomic E-state index is 0. The zero-order valence-corrected chi connectivity index (χ0v) is 15.7. The zero-order chi connectivity index (χ0) is 17.1. The molecule has 1 aliphatic carbocycles. The fraction of sp³-hybridized carbons (Fsp3) is 0.474. The van der Waals surface area contributed by atoms with Gasteiger partial charge in [-0.15, -0.1) is 12.4 Å². The van der Waals surface area contributed by atoms with Crippen molar-refractivity contribution in [2.24, 2.45) is 18.7 Å². The predicted molar refractivity (Wildman–Crippen MR) is 104 cm³/mol. The summed E-state index contributed by atoms with van der Waals surface area (Å²) in [5, 5.41) is 2.95. The summed E-state index contributed by atoms with van der Waals surface area (Å²) in [5.74, 6) is 0.237. The second-order valence-electron chi connectivity index (χ2n) is 6.78. The van der Waals surface area contributed by atoms with Gasteiger partial charge in [-0.2, -0.15) is 0 Å². The number of nitrogens with zero attached hydrogens (tertiary/aromatic N) is 2. The van der Waals surface area contributed by atoms with E-state index < -0.39 is 6.04 Å². The first kappa shape index (κ1) is 19.5. The Labute approximate surface area is 155 Å². The number of halogens is 1. The van der Waals surface area contributed by atoms with Gasteiger partial charge >= 0.3 is 0 Å². The summed E-state index contributed by atoms with van der Waals surface area (Å²) in [6.45, 7) is 1.99. The molecule has 1 aromatic carbocycles. The summed E-state index contributed by atoms with van der Waals surface area (Å²) >= 11 is 0. The van der Waals surface area contributed by atoms with Crippen molar-refractivity contribution in [1.82, 2.24) is 9.55 Å². The van der Waals surface area contributed by atoms with Gasteiger partial charge in [0.2, 0.25) is 5.91 Å². The quantitative estimate of drug-likeness (QED) is 0.871. The van der Waals surface area contributed by atoms with Crippen molar-refractivity contribution in [2.45, 2.75) is 45.1 Å². The van der Waals surface area contributed by atoms with E-state index in [0.717, 1.165) is 35.5 Å². The molecular formula is C19H27ClN4O. The summed E-state index contributed by atoms with van der Waals surface area (Å²) in [6, 6.07) is 7.45. The molecule has 136 valence electrons. The molecule has 6 heteroatoms. The monoisotopic (exact) mass is 362 g/mol. The van der Waals surface area contributed by atoms with E-state index in [1.54, 1.807) is 0 Å². The molecule has 3 N–H and O–H groups in total. The van der Waals surface area contributed by atoms with Gasteiger partial charge in [-0.05, 0) is 37.8 Å². The fourth-order valence-corrected chi connectivity index (χ4v) is 3.60. The van der Waals surface area contributed by atoms with Gasteiger partial charge in [0, 0.05) is 18.3 Å². The highest BCUT2D eigenvalue weighted by atomic mass is 35.5. The Morgan fingerprint density at radius 1 is 1.24 bits per heavy atom. The number of hydrogen-bond donors (Lipinski definition) is 2. The maximum Gasteiger partial charge on any atom is 0.241 e. The Kier molecular flexibility index (Phi) is 6.62. The summed E-state index contributed by atoms with van der Waals surface area (Å²) < 4.78 is 2.00. The van der Waals surface area contributed by atoms with Crippen LogP contribution in [0.2, 0.25) is 0 Å². The number of aromatic nitrogens is 2. The lowest BCUT2D eigenvalue weighted by molar-refractivity contribution is -0.118. The van der Waals surface area contributed by atoms with E-state index in [2.05, 4.69) is 10.3 Å². The molecule has 5 nitrogen and oxygen atoms in total. The number of amides is 1. The van der Waals surface area contributed by atoms with Gasteiger partial charge in [0.25, 0.3) is 0 Å². The number of imidazole rings is 1. The average molecular weight is 363 g/mol. The maximum atomic E-state index is 12.4. The van der Waals surface area contributed by atoms with E-state index in [-0.39, 0.29) is 18.3 Å². The van der Waals surface area contributed by atoms with E-state index in [1.807, 2.05) is 49.1 Å². The van der Waals surface area contributed by atoms with Crippen molar-refractivity contribution in [3.63, 3.8) is 0 Å². The Morgan fingerprint density at radius 2 is 1.88 bits per heavy atom. The first-order chi connectivity index (χ1) is 11.6. The lowest BCUT2D eigenvalue weighted by atomic mass is 9.84. The zero-order valence-electron chi connectivity index (χ0n) is 14.9. The first-order valence-electron chi connectivity index (χ1n) is 8.71. The lowest BCUT2D eigenvalue weighted by Gasteiger charge is -2.26. The Balaban J connectivity index is 0.00000225. The smallest absolute Gasteiger partial charge is 0.241 e. The maximum absolute atomic E-state index is 12.4. The molecule has 0 radical (unpaired) electrons. The van der Waals surface area contributed by atoms with Crippen LogP contribution in [0.15, 0.2) is 30.6 Å². The topological polar surface area (TPSA) is 72.9 Å². The van der Waals surface area contributed by atoms with Crippen LogP contribution in [0.1, 0.15) is 37.8 Å². The standard InChI is InChI=1S/C19H26N4O.ClH/c1-13-18(23(2)12-21-13)15-8-10-16(11-9-15)22-19(24)17(20)14-6-4-3-5-7-14;/h8-12,14,17H,3-7,20H2,1-2H3,(H,22,24);1H/t17-;/m0./s1. The molecule has 1 aromatic heterocycles. The van der Waals surface area contributed by atoms with Crippen LogP contribution in [0.4, 0.5) is 5.69 Å². The van der Waals surface area contributed by atoms with Crippen molar-refractivity contribution in [3.8, 4) is 11.3 Å². The highest BCUT2D eigenvalue weighted by molar-refractivity contribution is 5.95. The molecule has 2 aromatic rings. The molecule has 1 saturated carbocycles. The minimum Gasteiger partial charge on any atom is -0.334 e. The second-order valence-corrected chi connectivity index (χ2v) is 6.78. The number of nitrogens with two attached hydrogens (primary N) is 1. The molecule has 1 aliphatic rings. The number of benzene rings is 1. The number of rotatable bonds is 4. The van der Waals surface area contributed by atoms with Gasteiger partial charge in [0.15, 0.2) is 0 Å². The van der Waals surface area contributed by atoms with Gasteiger partial charge < -0.3 is 15.6 Å². The highest BCUT2D eigenvalue weighted by Crippen LogP contribution is 2.27. The van der Waals surface area contributed by atoms with Crippen molar-refractivity contribution in [2.75, 3.05) is 5.32 Å². The number of carbonyl (C=O) groups excluding carboxylic acids is 1. The normalized spacial score (nSPS) is 16.1. The van der Waals surface area contributed by atoms with Gasteiger partial charge in [-0.1, -0.05) is 31.4 Å². The molecular weight excluding hydrogens is 336 g/mol.